The van der Waals surface area contributed by atoms with E-state index in [4.69, 9.17) is 4.74 Å². The molecule has 146 valence electrons. The topological polar surface area (TPSA) is 81.2 Å². The minimum atomic E-state index is -0.00652. The first-order chi connectivity index (χ1) is 13.1. The molecule has 0 unspecified atom stereocenters. The average molecular weight is 408 g/mol. The van der Waals surface area contributed by atoms with Crippen molar-refractivity contribution in [1.82, 2.24) is 10.2 Å². The highest BCUT2D eigenvalue weighted by molar-refractivity contribution is 8.01. The fourth-order valence-electron chi connectivity index (χ4n) is 2.48. The fraction of sp³-hybridized carbons (Fsp3) is 0.474. The molecule has 0 bridgehead atoms. The Hall–Kier alpha value is -1.93. The van der Waals surface area contributed by atoms with E-state index in [9.17, 15) is 9.59 Å². The molecular weight excluding hydrogens is 382 g/mol. The molecule has 1 aromatic heterocycles. The van der Waals surface area contributed by atoms with E-state index >= 15 is 0 Å². The third-order valence-corrected chi connectivity index (χ3v) is 6.12. The van der Waals surface area contributed by atoms with Gasteiger partial charge < -0.3 is 10.1 Å². The Kier molecular flexibility index (Phi) is 8.74. The van der Waals surface area contributed by atoms with Crippen LogP contribution in [-0.4, -0.2) is 34.8 Å². The molecule has 2 rings (SSSR count). The molecule has 27 heavy (non-hydrogen) atoms. The predicted molar refractivity (Wildman–Crippen MR) is 110 cm³/mol. The first-order valence-corrected chi connectivity index (χ1v) is 10.8. The van der Waals surface area contributed by atoms with E-state index in [0.717, 1.165) is 25.7 Å². The summed E-state index contributed by atoms with van der Waals surface area (Å²) in [7, 11) is 1.59. The molecular formula is C19H25N3O3S2. The number of nitrogens with zero attached hydrogens (tertiary/aromatic N) is 2. The highest BCUT2D eigenvalue weighted by Crippen LogP contribution is 2.27. The zero-order valence-corrected chi connectivity index (χ0v) is 17.5. The summed E-state index contributed by atoms with van der Waals surface area (Å²) >= 11 is 2.61. The fourth-order valence-corrected chi connectivity index (χ4v) is 4.13. The van der Waals surface area contributed by atoms with Gasteiger partial charge >= 0.3 is 0 Å². The predicted octanol–water partition coefficient (Wildman–Crippen LogP) is 4.68. The molecule has 6 nitrogen and oxygen atoms in total. The number of ketones is 1. The number of hydrogen-bond acceptors (Lipinski definition) is 7. The minimum absolute atomic E-state index is 0.00148. The van der Waals surface area contributed by atoms with Gasteiger partial charge in [0.1, 0.15) is 5.75 Å². The summed E-state index contributed by atoms with van der Waals surface area (Å²) in [4.78, 5) is 24.6. The van der Waals surface area contributed by atoms with Crippen LogP contribution in [0.4, 0.5) is 5.13 Å². The van der Waals surface area contributed by atoms with E-state index in [1.165, 1.54) is 23.1 Å². The van der Waals surface area contributed by atoms with Crippen LogP contribution >= 0.6 is 23.1 Å². The van der Waals surface area contributed by atoms with Gasteiger partial charge in [0.25, 0.3) is 0 Å². The SMILES string of the molecule is CCCC[C@@H](CC)C(=O)Nc1nnc(SCC(=O)c2ccc(OC)cc2)s1. The van der Waals surface area contributed by atoms with E-state index in [1.54, 1.807) is 31.4 Å². The highest BCUT2D eigenvalue weighted by Gasteiger charge is 2.18. The van der Waals surface area contributed by atoms with Crippen molar-refractivity contribution in [2.45, 2.75) is 43.9 Å². The maximum atomic E-state index is 12.3. The van der Waals surface area contributed by atoms with Crippen LogP contribution < -0.4 is 10.1 Å². The number of thioether (sulfide) groups is 1. The number of benzene rings is 1. The van der Waals surface area contributed by atoms with Crippen LogP contribution in [0.1, 0.15) is 49.9 Å². The summed E-state index contributed by atoms with van der Waals surface area (Å²) in [5.74, 6) is 0.986. The Bertz CT molecular complexity index is 747. The smallest absolute Gasteiger partial charge is 0.229 e. The number of carbonyl (C=O) groups is 2. The highest BCUT2D eigenvalue weighted by atomic mass is 32.2. The second-order valence-electron chi connectivity index (χ2n) is 6.05. The quantitative estimate of drug-likeness (QED) is 0.331. The largest absolute Gasteiger partial charge is 0.497 e. The van der Waals surface area contributed by atoms with Gasteiger partial charge in [-0.1, -0.05) is 49.8 Å². The number of Topliss-reactive ketones (excluding diaryl/α,β-unsaturated/α-hetero) is 1. The molecule has 1 N–H and O–H groups in total. The van der Waals surface area contributed by atoms with Crippen LogP contribution in [0.25, 0.3) is 0 Å². The first kappa shape index (κ1) is 21.4. The lowest BCUT2D eigenvalue weighted by Crippen LogP contribution is -2.22. The van der Waals surface area contributed by atoms with Crippen LogP contribution in [0, 0.1) is 5.92 Å². The number of methoxy groups -OCH3 is 1. The third-order valence-electron chi connectivity index (χ3n) is 4.15. The lowest BCUT2D eigenvalue weighted by Gasteiger charge is -2.12. The summed E-state index contributed by atoms with van der Waals surface area (Å²) in [5, 5.41) is 11.4. The summed E-state index contributed by atoms with van der Waals surface area (Å²) in [6, 6.07) is 7.02. The summed E-state index contributed by atoms with van der Waals surface area (Å²) in [5.41, 5.74) is 0.628. The van der Waals surface area contributed by atoms with Crippen molar-refractivity contribution < 1.29 is 14.3 Å². The zero-order valence-electron chi connectivity index (χ0n) is 15.9. The molecule has 0 saturated carbocycles. The van der Waals surface area contributed by atoms with Crippen molar-refractivity contribution in [3.8, 4) is 5.75 Å². The summed E-state index contributed by atoms with van der Waals surface area (Å²) in [6.07, 6.45) is 3.81. The number of rotatable bonds is 11. The van der Waals surface area contributed by atoms with Crippen molar-refractivity contribution in [2.75, 3.05) is 18.2 Å². The molecule has 1 aromatic carbocycles. The van der Waals surface area contributed by atoms with E-state index in [1.807, 2.05) is 6.92 Å². The monoisotopic (exact) mass is 407 g/mol. The van der Waals surface area contributed by atoms with Gasteiger partial charge in [-0.15, -0.1) is 10.2 Å². The van der Waals surface area contributed by atoms with Gasteiger partial charge in [-0.05, 0) is 37.1 Å². The number of amides is 1. The molecule has 0 aliphatic rings. The van der Waals surface area contributed by atoms with Crippen LogP contribution in [0.2, 0.25) is 0 Å². The van der Waals surface area contributed by atoms with Crippen LogP contribution in [0.3, 0.4) is 0 Å². The Morgan fingerprint density at radius 2 is 1.96 bits per heavy atom. The maximum absolute atomic E-state index is 12.3. The number of hydrogen-bond donors (Lipinski definition) is 1. The van der Waals surface area contributed by atoms with Gasteiger partial charge in [0.15, 0.2) is 10.1 Å². The number of carbonyl (C=O) groups excluding carboxylic acids is 2. The maximum Gasteiger partial charge on any atom is 0.229 e. The van der Waals surface area contributed by atoms with Gasteiger partial charge in [0.2, 0.25) is 11.0 Å². The Morgan fingerprint density at radius 3 is 2.59 bits per heavy atom. The lowest BCUT2D eigenvalue weighted by atomic mass is 9.99. The summed E-state index contributed by atoms with van der Waals surface area (Å²) in [6.45, 7) is 4.14. The van der Waals surface area contributed by atoms with E-state index in [0.29, 0.717) is 20.8 Å². The van der Waals surface area contributed by atoms with E-state index < -0.39 is 0 Å². The van der Waals surface area contributed by atoms with Crippen molar-refractivity contribution in [3.63, 3.8) is 0 Å². The Morgan fingerprint density at radius 1 is 1.22 bits per heavy atom. The second kappa shape index (κ2) is 11.0. The number of ether oxygens (including phenoxy) is 1. The molecule has 0 radical (unpaired) electrons. The van der Waals surface area contributed by atoms with Gasteiger partial charge in [-0.3, -0.25) is 9.59 Å². The normalized spacial score (nSPS) is 11.8. The number of anilines is 1. The molecule has 0 spiro atoms. The van der Waals surface area contributed by atoms with Gasteiger partial charge in [-0.25, -0.2) is 0 Å². The molecule has 0 aliphatic heterocycles. The molecule has 2 aromatic rings. The second-order valence-corrected chi connectivity index (χ2v) is 8.25. The van der Waals surface area contributed by atoms with E-state index in [-0.39, 0.29) is 23.4 Å². The van der Waals surface area contributed by atoms with E-state index in [2.05, 4.69) is 22.4 Å². The molecule has 1 heterocycles. The van der Waals surface area contributed by atoms with Crippen molar-refractivity contribution >= 4 is 39.9 Å². The number of aromatic nitrogens is 2. The Labute approximate surface area is 168 Å². The molecule has 0 fully saturated rings. The third kappa shape index (κ3) is 6.62. The van der Waals surface area contributed by atoms with Crippen molar-refractivity contribution in [2.24, 2.45) is 5.92 Å². The lowest BCUT2D eigenvalue weighted by molar-refractivity contribution is -0.120. The van der Waals surface area contributed by atoms with Gasteiger partial charge in [0.05, 0.1) is 12.9 Å². The summed E-state index contributed by atoms with van der Waals surface area (Å²) < 4.78 is 5.75. The van der Waals surface area contributed by atoms with Gasteiger partial charge in [0, 0.05) is 11.5 Å². The van der Waals surface area contributed by atoms with Crippen LogP contribution in [0.5, 0.6) is 5.75 Å². The standard InChI is InChI=1S/C19H25N3O3S2/c1-4-6-7-13(5-2)17(24)20-18-21-22-19(27-18)26-12-16(23)14-8-10-15(25-3)11-9-14/h8-11,13H,4-7,12H2,1-3H3,(H,20,21,24)/t13-/m1/s1. The average Bonchev–Trinajstić information content (AvgIpc) is 3.14. The zero-order chi connectivity index (χ0) is 19.6. The van der Waals surface area contributed by atoms with Crippen molar-refractivity contribution in [1.29, 1.82) is 0 Å². The van der Waals surface area contributed by atoms with Gasteiger partial charge in [-0.2, -0.15) is 0 Å². The molecule has 0 saturated heterocycles. The Balaban J connectivity index is 1.86. The minimum Gasteiger partial charge on any atom is -0.497 e. The molecule has 8 heteroatoms. The number of unbranched alkanes of at least 4 members (excludes halogenated alkanes) is 1. The molecule has 1 atom stereocenters. The number of nitrogens with one attached hydrogen (secondary N) is 1. The molecule has 0 aliphatic carbocycles. The molecule has 1 amide bonds. The van der Waals surface area contributed by atoms with Crippen LogP contribution in [-0.2, 0) is 4.79 Å². The van der Waals surface area contributed by atoms with Crippen LogP contribution in [0.15, 0.2) is 28.6 Å². The first-order valence-electron chi connectivity index (χ1n) is 9.01. The van der Waals surface area contributed by atoms with Crippen molar-refractivity contribution in [3.05, 3.63) is 29.8 Å².